The van der Waals surface area contributed by atoms with Gasteiger partial charge in [-0.2, -0.15) is 0 Å². The van der Waals surface area contributed by atoms with E-state index in [0.717, 1.165) is 30.0 Å². The molecule has 0 amide bonds. The van der Waals surface area contributed by atoms with Crippen LogP contribution in [-0.4, -0.2) is 47.9 Å². The summed E-state index contributed by atoms with van der Waals surface area (Å²) in [5.41, 5.74) is 1.26. The number of rotatable bonds is 6. The third-order valence-electron chi connectivity index (χ3n) is 4.46. The molecule has 6 nitrogen and oxygen atoms in total. The molecule has 0 bridgehead atoms. The summed E-state index contributed by atoms with van der Waals surface area (Å²) in [4.78, 5) is 13.9. The van der Waals surface area contributed by atoms with Crippen LogP contribution >= 0.6 is 0 Å². The van der Waals surface area contributed by atoms with Gasteiger partial charge in [0.25, 0.3) is 0 Å². The van der Waals surface area contributed by atoms with Crippen LogP contribution in [0.4, 0.5) is 0 Å². The van der Waals surface area contributed by atoms with Crippen LogP contribution in [-0.2, 0) is 16.1 Å². The molecule has 1 atom stereocenters. The molecule has 1 fully saturated rings. The molecule has 1 N–H and O–H groups in total. The van der Waals surface area contributed by atoms with Gasteiger partial charge < -0.3 is 14.4 Å². The molecule has 0 saturated carbocycles. The summed E-state index contributed by atoms with van der Waals surface area (Å²) in [5.74, 6) is 0.0962. The highest BCUT2D eigenvalue weighted by atomic mass is 16.5. The number of aliphatic carboxylic acids is 1. The largest absolute Gasteiger partial charge is 0.481 e. The summed E-state index contributed by atoms with van der Waals surface area (Å²) in [7, 11) is 1.61. The second-order valence-electron chi connectivity index (χ2n) is 5.95. The Morgan fingerprint density at radius 1 is 1.52 bits per heavy atom. The topological polar surface area (TPSA) is 75.8 Å². The number of nitrogens with zero attached hydrogens (tertiary/aromatic N) is 2. The summed E-state index contributed by atoms with van der Waals surface area (Å²) in [6.45, 7) is 6.45. The molecule has 1 aliphatic rings. The Morgan fingerprint density at radius 2 is 2.29 bits per heavy atom. The standard InChI is InChI=1S/C15H24N2O4/c1-11-13(12(2)21-16-11)9-17-7-4-5-15(10-17,14(18)19)6-8-20-3/h4-10H2,1-3H3,(H,18,19). The predicted molar refractivity (Wildman–Crippen MR) is 77.0 cm³/mol. The van der Waals surface area contributed by atoms with E-state index in [0.29, 0.717) is 32.5 Å². The van der Waals surface area contributed by atoms with Gasteiger partial charge in [0.05, 0.1) is 11.1 Å². The fourth-order valence-electron chi connectivity index (χ4n) is 3.10. The molecular formula is C15H24N2O4. The van der Waals surface area contributed by atoms with Crippen molar-refractivity contribution in [2.24, 2.45) is 5.41 Å². The molecule has 1 saturated heterocycles. The number of aryl methyl sites for hydroxylation is 2. The lowest BCUT2D eigenvalue weighted by Crippen LogP contribution is -2.48. The molecule has 0 aromatic carbocycles. The molecule has 1 aromatic rings. The summed E-state index contributed by atoms with van der Waals surface area (Å²) in [6.07, 6.45) is 2.15. The van der Waals surface area contributed by atoms with E-state index in [1.165, 1.54) is 0 Å². The van der Waals surface area contributed by atoms with Crippen molar-refractivity contribution in [2.75, 3.05) is 26.8 Å². The minimum atomic E-state index is -0.719. The van der Waals surface area contributed by atoms with Gasteiger partial charge in [-0.3, -0.25) is 9.69 Å². The third-order valence-corrected chi connectivity index (χ3v) is 4.46. The number of hydrogen-bond donors (Lipinski definition) is 1. The Labute approximate surface area is 125 Å². The maximum absolute atomic E-state index is 11.8. The summed E-state index contributed by atoms with van der Waals surface area (Å²) in [5, 5.41) is 13.6. The van der Waals surface area contributed by atoms with Gasteiger partial charge in [0.1, 0.15) is 5.76 Å². The number of ether oxygens (including phenoxy) is 1. The lowest BCUT2D eigenvalue weighted by atomic mass is 9.77. The fraction of sp³-hybridized carbons (Fsp3) is 0.733. The summed E-state index contributed by atoms with van der Waals surface area (Å²) in [6, 6.07) is 0. The first-order valence-electron chi connectivity index (χ1n) is 7.35. The van der Waals surface area contributed by atoms with Gasteiger partial charge in [-0.05, 0) is 39.7 Å². The zero-order valence-corrected chi connectivity index (χ0v) is 13.0. The number of carboxylic acid groups (broad SMARTS) is 1. The molecule has 1 aliphatic heterocycles. The molecule has 0 radical (unpaired) electrons. The SMILES string of the molecule is COCCC1(C(=O)O)CCCN(Cc2c(C)noc2C)C1. The number of piperidine rings is 1. The van der Waals surface area contributed by atoms with Crippen LogP contribution in [0, 0.1) is 19.3 Å². The van der Waals surface area contributed by atoms with Crippen molar-refractivity contribution in [3.63, 3.8) is 0 Å². The van der Waals surface area contributed by atoms with Crippen LogP contribution in [0.15, 0.2) is 4.52 Å². The van der Waals surface area contributed by atoms with Gasteiger partial charge in [0, 0.05) is 32.4 Å². The van der Waals surface area contributed by atoms with Crippen LogP contribution in [0.3, 0.4) is 0 Å². The number of aromatic nitrogens is 1. The molecule has 1 aromatic heterocycles. The van der Waals surface area contributed by atoms with Crippen molar-refractivity contribution in [2.45, 2.75) is 39.7 Å². The zero-order chi connectivity index (χ0) is 15.5. The molecule has 0 spiro atoms. The Morgan fingerprint density at radius 3 is 2.86 bits per heavy atom. The van der Waals surface area contributed by atoms with Gasteiger partial charge in [-0.25, -0.2) is 0 Å². The second kappa shape index (κ2) is 6.58. The van der Waals surface area contributed by atoms with Crippen LogP contribution in [0.2, 0.25) is 0 Å². The predicted octanol–water partition coefficient (Wildman–Crippen LogP) is 1.99. The maximum atomic E-state index is 11.8. The molecule has 118 valence electrons. The van der Waals surface area contributed by atoms with Crippen LogP contribution in [0.5, 0.6) is 0 Å². The van der Waals surface area contributed by atoms with Crippen LogP contribution in [0.1, 0.15) is 36.3 Å². The Kier molecular flexibility index (Phi) is 5.00. The summed E-state index contributed by atoms with van der Waals surface area (Å²) >= 11 is 0. The molecule has 21 heavy (non-hydrogen) atoms. The fourth-order valence-corrected chi connectivity index (χ4v) is 3.10. The van der Waals surface area contributed by atoms with Crippen molar-refractivity contribution in [1.82, 2.24) is 10.1 Å². The van der Waals surface area contributed by atoms with E-state index in [9.17, 15) is 9.90 Å². The minimum absolute atomic E-state index is 0.478. The molecular weight excluding hydrogens is 272 g/mol. The van der Waals surface area contributed by atoms with Gasteiger partial charge in [0.15, 0.2) is 0 Å². The summed E-state index contributed by atoms with van der Waals surface area (Å²) < 4.78 is 10.3. The van der Waals surface area contributed by atoms with Crippen LogP contribution < -0.4 is 0 Å². The van der Waals surface area contributed by atoms with Crippen molar-refractivity contribution in [3.8, 4) is 0 Å². The van der Waals surface area contributed by atoms with Gasteiger partial charge in [-0.1, -0.05) is 5.16 Å². The van der Waals surface area contributed by atoms with E-state index < -0.39 is 11.4 Å². The average Bonchev–Trinajstić information content (AvgIpc) is 2.77. The van der Waals surface area contributed by atoms with Gasteiger partial charge >= 0.3 is 5.97 Å². The third kappa shape index (κ3) is 3.44. The number of methoxy groups -OCH3 is 1. The Bertz CT molecular complexity index is 480. The molecule has 2 heterocycles. The highest BCUT2D eigenvalue weighted by Gasteiger charge is 2.42. The smallest absolute Gasteiger partial charge is 0.311 e. The first-order valence-corrected chi connectivity index (χ1v) is 7.35. The Balaban J connectivity index is 2.10. The van der Waals surface area contributed by atoms with E-state index in [2.05, 4.69) is 10.1 Å². The lowest BCUT2D eigenvalue weighted by molar-refractivity contribution is -0.154. The number of carboxylic acids is 1. The number of likely N-dealkylation sites (tertiary alicyclic amines) is 1. The highest BCUT2D eigenvalue weighted by Crippen LogP contribution is 2.35. The van der Waals surface area contributed by atoms with Crippen molar-refractivity contribution >= 4 is 5.97 Å². The maximum Gasteiger partial charge on any atom is 0.311 e. The van der Waals surface area contributed by atoms with E-state index in [-0.39, 0.29) is 0 Å². The molecule has 0 aliphatic carbocycles. The molecule has 6 heteroatoms. The van der Waals surface area contributed by atoms with Crippen molar-refractivity contribution in [3.05, 3.63) is 17.0 Å². The highest BCUT2D eigenvalue weighted by molar-refractivity contribution is 5.75. The van der Waals surface area contributed by atoms with Gasteiger partial charge in [-0.15, -0.1) is 0 Å². The molecule has 1 unspecified atom stereocenters. The van der Waals surface area contributed by atoms with E-state index in [1.54, 1.807) is 7.11 Å². The van der Waals surface area contributed by atoms with E-state index in [1.807, 2.05) is 13.8 Å². The molecule has 2 rings (SSSR count). The normalized spacial score (nSPS) is 23.4. The average molecular weight is 296 g/mol. The monoisotopic (exact) mass is 296 g/mol. The van der Waals surface area contributed by atoms with Crippen LogP contribution in [0.25, 0.3) is 0 Å². The van der Waals surface area contributed by atoms with Crippen molar-refractivity contribution < 1.29 is 19.2 Å². The minimum Gasteiger partial charge on any atom is -0.481 e. The second-order valence-corrected chi connectivity index (χ2v) is 5.95. The quantitative estimate of drug-likeness (QED) is 0.865. The van der Waals surface area contributed by atoms with Gasteiger partial charge in [0.2, 0.25) is 0 Å². The van der Waals surface area contributed by atoms with E-state index >= 15 is 0 Å². The first kappa shape index (κ1) is 16.0. The van der Waals surface area contributed by atoms with E-state index in [4.69, 9.17) is 9.26 Å². The Hall–Kier alpha value is -1.40. The number of carbonyl (C=O) groups is 1. The number of hydrogen-bond acceptors (Lipinski definition) is 5. The lowest BCUT2D eigenvalue weighted by Gasteiger charge is -2.39. The van der Waals surface area contributed by atoms with Crippen molar-refractivity contribution in [1.29, 1.82) is 0 Å². The zero-order valence-electron chi connectivity index (χ0n) is 13.0. The first-order chi connectivity index (χ1) is 9.98.